The first-order valence-corrected chi connectivity index (χ1v) is 8.23. The van der Waals surface area contributed by atoms with Crippen molar-refractivity contribution < 1.29 is 12.8 Å². The van der Waals surface area contributed by atoms with Gasteiger partial charge in [-0.05, 0) is 37.4 Å². The van der Waals surface area contributed by atoms with Crippen LogP contribution in [0.5, 0.6) is 0 Å². The first-order valence-electron chi connectivity index (χ1n) is 5.82. The molecule has 0 atom stereocenters. The Balaban J connectivity index is 2.28. The van der Waals surface area contributed by atoms with Crippen molar-refractivity contribution in [2.45, 2.75) is 17.2 Å². The highest BCUT2D eigenvalue weighted by Crippen LogP contribution is 2.28. The van der Waals surface area contributed by atoms with E-state index in [4.69, 9.17) is 27.6 Å². The van der Waals surface area contributed by atoms with Crippen molar-refractivity contribution >= 4 is 33.0 Å². The van der Waals surface area contributed by atoms with Crippen LogP contribution >= 0.6 is 23.2 Å². The van der Waals surface area contributed by atoms with Crippen molar-refractivity contribution in [3.63, 3.8) is 0 Å². The van der Waals surface area contributed by atoms with E-state index in [1.54, 1.807) is 25.2 Å². The van der Waals surface area contributed by atoms with Gasteiger partial charge in [-0.3, -0.25) is 0 Å². The number of furan rings is 1. The van der Waals surface area contributed by atoms with Crippen LogP contribution in [0.1, 0.15) is 11.5 Å². The molecular formula is C13H13Cl2NO3S. The summed E-state index contributed by atoms with van der Waals surface area (Å²) >= 11 is 11.7. The van der Waals surface area contributed by atoms with Crippen molar-refractivity contribution in [2.24, 2.45) is 0 Å². The topological polar surface area (TPSA) is 59.3 Å². The van der Waals surface area contributed by atoms with Crippen LogP contribution < -0.4 is 5.32 Å². The third-order valence-electron chi connectivity index (χ3n) is 2.63. The number of benzene rings is 1. The number of sulfone groups is 1. The van der Waals surface area contributed by atoms with E-state index in [0.29, 0.717) is 23.1 Å². The Morgan fingerprint density at radius 1 is 1.15 bits per heavy atom. The molecule has 0 bridgehead atoms. The fraction of sp³-hybridized carbons (Fsp3) is 0.231. The second-order valence-corrected chi connectivity index (χ2v) is 7.03. The van der Waals surface area contributed by atoms with Gasteiger partial charge in [0.25, 0.3) is 0 Å². The summed E-state index contributed by atoms with van der Waals surface area (Å²) in [6, 6.07) is 7.73. The molecule has 0 spiro atoms. The number of hydrogen-bond donors (Lipinski definition) is 1. The van der Waals surface area contributed by atoms with Crippen LogP contribution in [-0.4, -0.2) is 15.5 Å². The van der Waals surface area contributed by atoms with Crippen LogP contribution in [0, 0.1) is 0 Å². The van der Waals surface area contributed by atoms with Crippen LogP contribution in [0.3, 0.4) is 0 Å². The van der Waals surface area contributed by atoms with E-state index in [9.17, 15) is 8.42 Å². The van der Waals surface area contributed by atoms with Crippen LogP contribution in [0.4, 0.5) is 0 Å². The summed E-state index contributed by atoms with van der Waals surface area (Å²) in [5, 5.41) is 3.40. The fourth-order valence-electron chi connectivity index (χ4n) is 1.75. The summed E-state index contributed by atoms with van der Waals surface area (Å²) in [7, 11) is -1.82. The third-order valence-corrected chi connectivity index (χ3v) is 4.98. The zero-order chi connectivity index (χ0) is 14.8. The predicted octanol–water partition coefficient (Wildman–Crippen LogP) is 3.28. The van der Waals surface area contributed by atoms with Gasteiger partial charge in [-0.15, -0.1) is 0 Å². The molecule has 1 N–H and O–H groups in total. The summed E-state index contributed by atoms with van der Waals surface area (Å²) in [6.45, 7) is 0.540. The van der Waals surface area contributed by atoms with E-state index in [-0.39, 0.29) is 15.7 Å². The molecule has 2 aromatic rings. The van der Waals surface area contributed by atoms with Gasteiger partial charge in [-0.1, -0.05) is 23.2 Å². The van der Waals surface area contributed by atoms with Crippen molar-refractivity contribution in [1.29, 1.82) is 0 Å². The molecule has 0 unspecified atom stereocenters. The minimum atomic E-state index is -3.60. The Labute approximate surface area is 127 Å². The molecule has 4 nitrogen and oxygen atoms in total. The van der Waals surface area contributed by atoms with Gasteiger partial charge < -0.3 is 9.73 Å². The zero-order valence-corrected chi connectivity index (χ0v) is 13.0. The lowest BCUT2D eigenvalue weighted by atomic mass is 10.4. The summed E-state index contributed by atoms with van der Waals surface area (Å²) < 4.78 is 30.1. The van der Waals surface area contributed by atoms with E-state index in [0.717, 1.165) is 0 Å². The monoisotopic (exact) mass is 333 g/mol. The Kier molecular flexibility index (Phi) is 4.75. The molecule has 0 radical (unpaired) electrons. The van der Waals surface area contributed by atoms with Crippen molar-refractivity contribution in [2.75, 3.05) is 7.05 Å². The lowest BCUT2D eigenvalue weighted by molar-refractivity contribution is 0.465. The average molecular weight is 334 g/mol. The average Bonchev–Trinajstić information content (AvgIpc) is 2.79. The Morgan fingerprint density at radius 3 is 2.55 bits per heavy atom. The molecule has 0 aliphatic heterocycles. The highest BCUT2D eigenvalue weighted by Gasteiger charge is 2.21. The maximum Gasteiger partial charge on any atom is 0.187 e. The summed E-state index contributed by atoms with van der Waals surface area (Å²) in [6.07, 6.45) is 0. The lowest BCUT2D eigenvalue weighted by Crippen LogP contribution is -2.06. The van der Waals surface area contributed by atoms with Crippen molar-refractivity contribution in [3.8, 4) is 0 Å². The number of halogens is 2. The molecule has 7 heteroatoms. The van der Waals surface area contributed by atoms with Crippen molar-refractivity contribution in [3.05, 3.63) is 51.9 Å². The van der Waals surface area contributed by atoms with E-state index in [1.165, 1.54) is 12.1 Å². The Hall–Kier alpha value is -1.01. The van der Waals surface area contributed by atoms with Gasteiger partial charge in [0.2, 0.25) is 0 Å². The standard InChI is InChI=1S/C13H13Cl2NO3S/c1-16-7-10-3-4-11(19-10)8-20(17,18)13-6-9(14)2-5-12(13)15/h2-6,16H,7-8H2,1H3. The first kappa shape index (κ1) is 15.4. The van der Waals surface area contributed by atoms with Crippen LogP contribution in [0.15, 0.2) is 39.6 Å². The second-order valence-electron chi connectivity index (χ2n) is 4.23. The van der Waals surface area contributed by atoms with E-state index in [1.807, 2.05) is 0 Å². The molecule has 0 amide bonds. The summed E-state index contributed by atoms with van der Waals surface area (Å²) in [5.41, 5.74) is 0. The van der Waals surface area contributed by atoms with Crippen molar-refractivity contribution in [1.82, 2.24) is 5.32 Å². The smallest absolute Gasteiger partial charge is 0.187 e. The first-order chi connectivity index (χ1) is 9.42. The highest BCUT2D eigenvalue weighted by molar-refractivity contribution is 7.90. The molecule has 0 aliphatic carbocycles. The number of nitrogens with one attached hydrogen (secondary N) is 1. The van der Waals surface area contributed by atoms with Gasteiger partial charge in [0.05, 0.1) is 16.5 Å². The third kappa shape index (κ3) is 3.55. The van der Waals surface area contributed by atoms with Gasteiger partial charge in [0.1, 0.15) is 17.3 Å². The quantitative estimate of drug-likeness (QED) is 0.912. The minimum absolute atomic E-state index is 0.0123. The normalized spacial score (nSPS) is 11.8. The number of hydrogen-bond acceptors (Lipinski definition) is 4. The lowest BCUT2D eigenvalue weighted by Gasteiger charge is -2.05. The van der Waals surface area contributed by atoms with Crippen LogP contribution in [-0.2, 0) is 22.1 Å². The van der Waals surface area contributed by atoms with E-state index < -0.39 is 9.84 Å². The highest BCUT2D eigenvalue weighted by atomic mass is 35.5. The molecule has 20 heavy (non-hydrogen) atoms. The predicted molar refractivity (Wildman–Crippen MR) is 78.8 cm³/mol. The molecule has 1 aromatic heterocycles. The Morgan fingerprint density at radius 2 is 1.85 bits per heavy atom. The maximum absolute atomic E-state index is 12.3. The fourth-order valence-corrected chi connectivity index (χ4v) is 3.81. The van der Waals surface area contributed by atoms with Gasteiger partial charge in [-0.2, -0.15) is 0 Å². The molecule has 0 aliphatic rings. The second kappa shape index (κ2) is 6.18. The molecule has 0 saturated heterocycles. The van der Waals surface area contributed by atoms with Gasteiger partial charge in [-0.25, -0.2) is 8.42 Å². The largest absolute Gasteiger partial charge is 0.464 e. The molecule has 1 heterocycles. The molecule has 108 valence electrons. The summed E-state index contributed by atoms with van der Waals surface area (Å²) in [4.78, 5) is 0.0123. The van der Waals surface area contributed by atoms with E-state index in [2.05, 4.69) is 5.32 Å². The SMILES string of the molecule is CNCc1ccc(CS(=O)(=O)c2cc(Cl)ccc2Cl)o1. The Bertz CT molecular complexity index is 710. The van der Waals surface area contributed by atoms with Gasteiger partial charge >= 0.3 is 0 Å². The van der Waals surface area contributed by atoms with Gasteiger partial charge in [0.15, 0.2) is 9.84 Å². The van der Waals surface area contributed by atoms with E-state index >= 15 is 0 Å². The zero-order valence-electron chi connectivity index (χ0n) is 10.7. The maximum atomic E-state index is 12.3. The molecule has 0 fully saturated rings. The minimum Gasteiger partial charge on any atom is -0.464 e. The molecule has 2 rings (SSSR count). The van der Waals surface area contributed by atoms with Crippen LogP contribution in [0.25, 0.3) is 0 Å². The van der Waals surface area contributed by atoms with Gasteiger partial charge in [0, 0.05) is 5.02 Å². The molecule has 0 saturated carbocycles. The van der Waals surface area contributed by atoms with Crippen LogP contribution in [0.2, 0.25) is 10.0 Å². The molecular weight excluding hydrogens is 321 g/mol. The summed E-state index contributed by atoms with van der Waals surface area (Å²) in [5.74, 6) is 0.790. The number of rotatable bonds is 5. The molecule has 1 aromatic carbocycles.